The second-order valence-corrected chi connectivity index (χ2v) is 4.92. The van der Waals surface area contributed by atoms with E-state index in [1.807, 2.05) is 26.1 Å². The fourth-order valence-electron chi connectivity index (χ4n) is 2.37. The summed E-state index contributed by atoms with van der Waals surface area (Å²) in [5.74, 6) is 0.661. The number of nitrogens with one attached hydrogen (secondary N) is 1. The molecule has 2 rings (SSSR count). The highest BCUT2D eigenvalue weighted by Gasteiger charge is 2.15. The zero-order valence-corrected chi connectivity index (χ0v) is 12.1. The summed E-state index contributed by atoms with van der Waals surface area (Å²) >= 11 is 0. The number of ether oxygens (including phenoxy) is 1. The Bertz CT molecular complexity index is 583. The van der Waals surface area contributed by atoms with Gasteiger partial charge in [0.2, 0.25) is 0 Å². The largest absolute Gasteiger partial charge is 0.496 e. The monoisotopic (exact) mass is 273 g/mol. The van der Waals surface area contributed by atoms with Crippen molar-refractivity contribution in [3.8, 4) is 5.75 Å². The van der Waals surface area contributed by atoms with Crippen molar-refractivity contribution in [1.29, 1.82) is 0 Å². The molecule has 0 bridgehead atoms. The molecule has 0 saturated heterocycles. The Kier molecular flexibility index (Phi) is 4.74. The average molecular weight is 273 g/mol. The summed E-state index contributed by atoms with van der Waals surface area (Å²) in [6.07, 6.45) is 0.716. The number of rotatable bonds is 5. The molecule has 0 spiro atoms. The molecule has 1 unspecified atom stereocenters. The first-order valence-electron chi connectivity index (χ1n) is 6.70. The minimum absolute atomic E-state index is 0.0901. The van der Waals surface area contributed by atoms with Gasteiger partial charge in [0.25, 0.3) is 0 Å². The quantitative estimate of drug-likeness (QED) is 0.898. The van der Waals surface area contributed by atoms with E-state index < -0.39 is 0 Å². The van der Waals surface area contributed by atoms with Gasteiger partial charge in [-0.3, -0.25) is 0 Å². The van der Waals surface area contributed by atoms with E-state index in [9.17, 15) is 4.39 Å². The van der Waals surface area contributed by atoms with Crippen LogP contribution in [0.1, 0.15) is 22.7 Å². The fraction of sp³-hybridized carbons (Fsp3) is 0.294. The third-order valence-corrected chi connectivity index (χ3v) is 3.44. The van der Waals surface area contributed by atoms with Crippen LogP contribution >= 0.6 is 0 Å². The maximum Gasteiger partial charge on any atom is 0.123 e. The highest BCUT2D eigenvalue weighted by molar-refractivity contribution is 5.40. The number of benzene rings is 2. The lowest BCUT2D eigenvalue weighted by Gasteiger charge is -2.20. The molecule has 1 N–H and O–H groups in total. The molecule has 20 heavy (non-hydrogen) atoms. The lowest BCUT2D eigenvalue weighted by atomic mass is 9.97. The van der Waals surface area contributed by atoms with Gasteiger partial charge in [-0.1, -0.05) is 24.3 Å². The number of hydrogen-bond donors (Lipinski definition) is 1. The van der Waals surface area contributed by atoms with Gasteiger partial charge in [0, 0.05) is 11.6 Å². The van der Waals surface area contributed by atoms with Gasteiger partial charge < -0.3 is 10.1 Å². The van der Waals surface area contributed by atoms with Crippen LogP contribution in [0.4, 0.5) is 4.39 Å². The van der Waals surface area contributed by atoms with Crippen molar-refractivity contribution in [2.75, 3.05) is 14.2 Å². The summed E-state index contributed by atoms with van der Waals surface area (Å²) in [5, 5.41) is 3.28. The van der Waals surface area contributed by atoms with Crippen LogP contribution < -0.4 is 10.1 Å². The first kappa shape index (κ1) is 14.5. The molecular weight excluding hydrogens is 253 g/mol. The first-order valence-corrected chi connectivity index (χ1v) is 6.70. The molecule has 0 amide bonds. The van der Waals surface area contributed by atoms with Crippen LogP contribution in [0, 0.1) is 12.7 Å². The summed E-state index contributed by atoms with van der Waals surface area (Å²) in [5.41, 5.74) is 3.21. The molecule has 0 fully saturated rings. The van der Waals surface area contributed by atoms with Gasteiger partial charge in [-0.25, -0.2) is 4.39 Å². The lowest BCUT2D eigenvalue weighted by Crippen LogP contribution is -2.19. The van der Waals surface area contributed by atoms with E-state index in [4.69, 9.17) is 4.74 Å². The Hall–Kier alpha value is -1.87. The van der Waals surface area contributed by atoms with Crippen molar-refractivity contribution >= 4 is 0 Å². The summed E-state index contributed by atoms with van der Waals surface area (Å²) in [7, 11) is 3.58. The Morgan fingerprint density at radius 1 is 1.20 bits per heavy atom. The predicted molar refractivity (Wildman–Crippen MR) is 79.6 cm³/mol. The van der Waals surface area contributed by atoms with Gasteiger partial charge in [0.05, 0.1) is 7.11 Å². The molecule has 3 heteroatoms. The Morgan fingerprint density at radius 2 is 2.00 bits per heavy atom. The molecule has 2 nitrogen and oxygen atoms in total. The fourth-order valence-corrected chi connectivity index (χ4v) is 2.37. The molecule has 0 aliphatic carbocycles. The standard InChI is InChI=1S/C17H20FNO/c1-12-7-8-15(17(9-12)20-3)16(19-2)11-13-5-4-6-14(18)10-13/h4-10,16,19H,11H2,1-3H3. The van der Waals surface area contributed by atoms with Gasteiger partial charge in [-0.2, -0.15) is 0 Å². The molecular formula is C17H20FNO. The number of aryl methyl sites for hydroxylation is 1. The topological polar surface area (TPSA) is 21.3 Å². The van der Waals surface area contributed by atoms with E-state index in [0.29, 0.717) is 6.42 Å². The van der Waals surface area contributed by atoms with Crippen molar-refractivity contribution in [3.63, 3.8) is 0 Å². The second kappa shape index (κ2) is 6.53. The Balaban J connectivity index is 2.28. The molecule has 2 aromatic rings. The normalized spacial score (nSPS) is 12.2. The van der Waals surface area contributed by atoms with Gasteiger partial charge in [-0.15, -0.1) is 0 Å². The molecule has 0 aliphatic heterocycles. The number of methoxy groups -OCH3 is 1. The van der Waals surface area contributed by atoms with Gasteiger partial charge in [0.15, 0.2) is 0 Å². The van der Waals surface area contributed by atoms with E-state index in [0.717, 1.165) is 22.4 Å². The molecule has 0 aromatic heterocycles. The number of hydrogen-bond acceptors (Lipinski definition) is 2. The van der Waals surface area contributed by atoms with Crippen LogP contribution in [-0.4, -0.2) is 14.2 Å². The number of likely N-dealkylation sites (N-methyl/N-ethyl adjacent to an activating group) is 1. The Morgan fingerprint density at radius 3 is 2.65 bits per heavy atom. The lowest BCUT2D eigenvalue weighted by molar-refractivity contribution is 0.401. The first-order chi connectivity index (χ1) is 9.63. The summed E-state index contributed by atoms with van der Waals surface area (Å²) in [4.78, 5) is 0. The third-order valence-electron chi connectivity index (χ3n) is 3.44. The van der Waals surface area contributed by atoms with Crippen LogP contribution in [0.15, 0.2) is 42.5 Å². The zero-order chi connectivity index (χ0) is 14.5. The molecule has 0 heterocycles. The van der Waals surface area contributed by atoms with E-state index >= 15 is 0 Å². The van der Waals surface area contributed by atoms with Crippen molar-refractivity contribution in [1.82, 2.24) is 5.32 Å². The van der Waals surface area contributed by atoms with Gasteiger partial charge in [-0.05, 0) is 49.7 Å². The minimum atomic E-state index is -0.201. The van der Waals surface area contributed by atoms with E-state index in [-0.39, 0.29) is 11.9 Å². The average Bonchev–Trinajstić information content (AvgIpc) is 2.45. The maximum atomic E-state index is 13.3. The van der Waals surface area contributed by atoms with Gasteiger partial charge in [0.1, 0.15) is 11.6 Å². The van der Waals surface area contributed by atoms with Crippen molar-refractivity contribution in [2.24, 2.45) is 0 Å². The smallest absolute Gasteiger partial charge is 0.123 e. The summed E-state index contributed by atoms with van der Waals surface area (Å²) < 4.78 is 18.7. The van der Waals surface area contributed by atoms with Crippen LogP contribution in [0.5, 0.6) is 5.75 Å². The van der Waals surface area contributed by atoms with Crippen molar-refractivity contribution in [3.05, 3.63) is 65.0 Å². The maximum absolute atomic E-state index is 13.3. The van der Waals surface area contributed by atoms with E-state index in [1.54, 1.807) is 19.2 Å². The summed E-state index contributed by atoms with van der Waals surface area (Å²) in [6, 6.07) is 13.0. The molecule has 0 saturated carbocycles. The van der Waals surface area contributed by atoms with Gasteiger partial charge >= 0.3 is 0 Å². The van der Waals surface area contributed by atoms with Crippen LogP contribution in [-0.2, 0) is 6.42 Å². The molecule has 0 radical (unpaired) electrons. The highest BCUT2D eigenvalue weighted by atomic mass is 19.1. The summed E-state index contributed by atoms with van der Waals surface area (Å²) in [6.45, 7) is 2.03. The van der Waals surface area contributed by atoms with Crippen LogP contribution in [0.2, 0.25) is 0 Å². The minimum Gasteiger partial charge on any atom is -0.496 e. The highest BCUT2D eigenvalue weighted by Crippen LogP contribution is 2.28. The van der Waals surface area contributed by atoms with Crippen molar-refractivity contribution in [2.45, 2.75) is 19.4 Å². The molecule has 2 aromatic carbocycles. The predicted octanol–water partition coefficient (Wildman–Crippen LogP) is 3.65. The third kappa shape index (κ3) is 3.36. The molecule has 0 aliphatic rings. The number of halogens is 1. The van der Waals surface area contributed by atoms with E-state index in [1.165, 1.54) is 6.07 Å². The molecule has 1 atom stereocenters. The second-order valence-electron chi connectivity index (χ2n) is 4.92. The zero-order valence-electron chi connectivity index (χ0n) is 12.1. The Labute approximate surface area is 119 Å². The SMILES string of the molecule is CNC(Cc1cccc(F)c1)c1ccc(C)cc1OC. The van der Waals surface area contributed by atoms with E-state index in [2.05, 4.69) is 17.4 Å². The van der Waals surface area contributed by atoms with Crippen LogP contribution in [0.3, 0.4) is 0 Å². The molecule has 106 valence electrons. The van der Waals surface area contributed by atoms with Crippen LogP contribution in [0.25, 0.3) is 0 Å². The van der Waals surface area contributed by atoms with Crippen molar-refractivity contribution < 1.29 is 9.13 Å².